The number of piperidine rings is 1. The predicted octanol–water partition coefficient (Wildman–Crippen LogP) is 1.95. The van der Waals surface area contributed by atoms with Crippen LogP contribution in [0.5, 0.6) is 0 Å². The van der Waals surface area contributed by atoms with Crippen molar-refractivity contribution >= 4 is 31.9 Å². The summed E-state index contributed by atoms with van der Waals surface area (Å²) in [6, 6.07) is 1.29. The zero-order chi connectivity index (χ0) is 15.1. The average molecular weight is 365 g/mol. The number of furan rings is 1. The van der Waals surface area contributed by atoms with Crippen LogP contribution in [0.1, 0.15) is 37.2 Å². The molecule has 0 aromatic carbocycles. The molecule has 1 aromatic heterocycles. The van der Waals surface area contributed by atoms with E-state index < -0.39 is 10.0 Å². The first-order valence-corrected chi connectivity index (χ1v) is 8.67. The molecule has 1 amide bonds. The third-order valence-electron chi connectivity index (χ3n) is 3.55. The van der Waals surface area contributed by atoms with Crippen molar-refractivity contribution in [3.05, 3.63) is 16.5 Å². The summed E-state index contributed by atoms with van der Waals surface area (Å²) in [6.07, 6.45) is 2.01. The standard InChI is InChI=1S/C12H17BrN2O4S/c1-7-3-4-8(2)15(6-7)12(16)9-5-10(11(13)19-9)20(14,17)18/h5,7-8H,3-4,6H2,1-2H3,(H2,14,17,18). The van der Waals surface area contributed by atoms with Crippen molar-refractivity contribution in [2.75, 3.05) is 6.54 Å². The molecule has 2 atom stereocenters. The van der Waals surface area contributed by atoms with E-state index in [2.05, 4.69) is 22.9 Å². The largest absolute Gasteiger partial charge is 0.443 e. The molecular formula is C12H17BrN2O4S. The number of nitrogens with two attached hydrogens (primary N) is 1. The second-order valence-electron chi connectivity index (χ2n) is 5.28. The molecule has 0 aliphatic carbocycles. The molecule has 6 nitrogen and oxygen atoms in total. The van der Waals surface area contributed by atoms with Gasteiger partial charge in [0.2, 0.25) is 10.0 Å². The maximum Gasteiger partial charge on any atom is 0.289 e. The maximum atomic E-state index is 12.4. The molecule has 1 aromatic rings. The molecule has 20 heavy (non-hydrogen) atoms. The fraction of sp³-hybridized carbons (Fsp3) is 0.583. The van der Waals surface area contributed by atoms with Gasteiger partial charge in [-0.25, -0.2) is 13.6 Å². The summed E-state index contributed by atoms with van der Waals surface area (Å²) in [5.74, 6) is 0.104. The van der Waals surface area contributed by atoms with Crippen molar-refractivity contribution in [3.63, 3.8) is 0 Å². The van der Waals surface area contributed by atoms with Gasteiger partial charge < -0.3 is 9.32 Å². The SMILES string of the molecule is CC1CCC(C)N(C(=O)c2cc(S(N)(=O)=O)c(Br)o2)C1. The summed E-state index contributed by atoms with van der Waals surface area (Å²) >= 11 is 2.98. The van der Waals surface area contributed by atoms with E-state index in [9.17, 15) is 13.2 Å². The Morgan fingerprint density at radius 3 is 2.65 bits per heavy atom. The van der Waals surface area contributed by atoms with Gasteiger partial charge in [-0.1, -0.05) is 6.92 Å². The van der Waals surface area contributed by atoms with Gasteiger partial charge in [-0.3, -0.25) is 4.79 Å². The number of rotatable bonds is 2. The lowest BCUT2D eigenvalue weighted by atomic mass is 9.95. The number of sulfonamides is 1. The van der Waals surface area contributed by atoms with Crippen LogP contribution >= 0.6 is 15.9 Å². The summed E-state index contributed by atoms with van der Waals surface area (Å²) < 4.78 is 27.9. The van der Waals surface area contributed by atoms with Gasteiger partial charge in [0.05, 0.1) is 0 Å². The molecule has 2 heterocycles. The molecule has 2 N–H and O–H groups in total. The van der Waals surface area contributed by atoms with Crippen LogP contribution in [-0.4, -0.2) is 31.8 Å². The van der Waals surface area contributed by atoms with E-state index in [1.807, 2.05) is 6.92 Å². The average Bonchev–Trinajstić information content (AvgIpc) is 2.73. The Morgan fingerprint density at radius 1 is 1.45 bits per heavy atom. The Bertz CT molecular complexity index is 625. The Labute approximate surface area is 126 Å². The molecule has 0 saturated carbocycles. The van der Waals surface area contributed by atoms with Crippen LogP contribution in [0.2, 0.25) is 0 Å². The molecule has 8 heteroatoms. The van der Waals surface area contributed by atoms with Gasteiger partial charge in [0, 0.05) is 18.7 Å². The lowest BCUT2D eigenvalue weighted by molar-refractivity contribution is 0.0540. The van der Waals surface area contributed by atoms with Gasteiger partial charge in [-0.15, -0.1) is 0 Å². The molecule has 1 saturated heterocycles. The molecule has 0 bridgehead atoms. The Balaban J connectivity index is 2.30. The van der Waals surface area contributed by atoms with Crippen LogP contribution in [0.3, 0.4) is 0 Å². The van der Waals surface area contributed by atoms with E-state index in [-0.39, 0.29) is 27.3 Å². The van der Waals surface area contributed by atoms with Crippen LogP contribution in [0, 0.1) is 5.92 Å². The van der Waals surface area contributed by atoms with Crippen LogP contribution in [0.4, 0.5) is 0 Å². The van der Waals surface area contributed by atoms with E-state index >= 15 is 0 Å². The highest BCUT2D eigenvalue weighted by Crippen LogP contribution is 2.28. The summed E-state index contributed by atoms with van der Waals surface area (Å²) in [4.78, 5) is 13.9. The number of hydrogen-bond donors (Lipinski definition) is 1. The highest BCUT2D eigenvalue weighted by Gasteiger charge is 2.31. The predicted molar refractivity (Wildman–Crippen MR) is 76.7 cm³/mol. The molecule has 2 unspecified atom stereocenters. The first-order chi connectivity index (χ1) is 9.20. The lowest BCUT2D eigenvalue weighted by Crippen LogP contribution is -2.44. The summed E-state index contributed by atoms with van der Waals surface area (Å²) in [5.41, 5.74) is 0. The first-order valence-electron chi connectivity index (χ1n) is 6.33. The number of carbonyl (C=O) groups is 1. The molecule has 1 aliphatic heterocycles. The van der Waals surface area contributed by atoms with Gasteiger partial charge in [0.1, 0.15) is 4.90 Å². The van der Waals surface area contributed by atoms with Crippen molar-refractivity contribution in [2.45, 2.75) is 37.6 Å². The summed E-state index contributed by atoms with van der Waals surface area (Å²) in [7, 11) is -3.91. The van der Waals surface area contributed by atoms with E-state index in [1.54, 1.807) is 4.90 Å². The van der Waals surface area contributed by atoms with Crippen LogP contribution < -0.4 is 5.14 Å². The number of hydrogen-bond acceptors (Lipinski definition) is 4. The van der Waals surface area contributed by atoms with Crippen molar-refractivity contribution in [1.82, 2.24) is 4.90 Å². The van der Waals surface area contributed by atoms with Gasteiger partial charge in [0.15, 0.2) is 10.4 Å². The fourth-order valence-electron chi connectivity index (χ4n) is 2.36. The van der Waals surface area contributed by atoms with Gasteiger partial charge >= 0.3 is 0 Å². The third kappa shape index (κ3) is 3.07. The van der Waals surface area contributed by atoms with E-state index in [0.717, 1.165) is 12.8 Å². The minimum absolute atomic E-state index is 0.0122. The number of halogens is 1. The Kier molecular flexibility index (Phi) is 4.27. The van der Waals surface area contributed by atoms with E-state index in [0.29, 0.717) is 12.5 Å². The minimum Gasteiger partial charge on any atom is -0.443 e. The third-order valence-corrected chi connectivity index (χ3v) is 5.32. The summed E-state index contributed by atoms with van der Waals surface area (Å²) in [6.45, 7) is 4.70. The Hall–Kier alpha value is -0.860. The van der Waals surface area contributed by atoms with Gasteiger partial charge in [-0.05, 0) is 41.6 Å². The lowest BCUT2D eigenvalue weighted by Gasteiger charge is -2.36. The number of amides is 1. The number of primary sulfonamides is 1. The highest BCUT2D eigenvalue weighted by atomic mass is 79.9. The summed E-state index contributed by atoms with van der Waals surface area (Å²) in [5, 5.41) is 5.06. The van der Waals surface area contributed by atoms with E-state index in [4.69, 9.17) is 9.56 Å². The maximum absolute atomic E-state index is 12.4. The number of likely N-dealkylation sites (tertiary alicyclic amines) is 1. The molecule has 1 fully saturated rings. The Morgan fingerprint density at radius 2 is 2.10 bits per heavy atom. The smallest absolute Gasteiger partial charge is 0.289 e. The van der Waals surface area contributed by atoms with Crippen molar-refractivity contribution in [3.8, 4) is 0 Å². The number of nitrogens with zero attached hydrogens (tertiary/aromatic N) is 1. The van der Waals surface area contributed by atoms with E-state index in [1.165, 1.54) is 6.07 Å². The molecule has 112 valence electrons. The molecule has 2 rings (SSSR count). The zero-order valence-corrected chi connectivity index (χ0v) is 13.7. The molecule has 1 aliphatic rings. The topological polar surface area (TPSA) is 93.6 Å². The van der Waals surface area contributed by atoms with Crippen molar-refractivity contribution < 1.29 is 17.6 Å². The van der Waals surface area contributed by atoms with Crippen LogP contribution in [0.25, 0.3) is 0 Å². The van der Waals surface area contributed by atoms with Crippen molar-refractivity contribution in [1.29, 1.82) is 0 Å². The molecule has 0 radical (unpaired) electrons. The van der Waals surface area contributed by atoms with Crippen LogP contribution in [0.15, 0.2) is 20.0 Å². The minimum atomic E-state index is -3.91. The first kappa shape index (κ1) is 15.5. The highest BCUT2D eigenvalue weighted by molar-refractivity contribution is 9.10. The van der Waals surface area contributed by atoms with Crippen LogP contribution in [-0.2, 0) is 10.0 Å². The van der Waals surface area contributed by atoms with Gasteiger partial charge in [0.25, 0.3) is 5.91 Å². The fourth-order valence-corrected chi connectivity index (χ4v) is 3.87. The quantitative estimate of drug-likeness (QED) is 0.867. The van der Waals surface area contributed by atoms with Gasteiger partial charge in [-0.2, -0.15) is 0 Å². The second kappa shape index (κ2) is 5.50. The second-order valence-corrected chi connectivity index (χ2v) is 7.53. The molecular weight excluding hydrogens is 348 g/mol. The molecule has 0 spiro atoms. The monoisotopic (exact) mass is 364 g/mol. The normalized spacial score (nSPS) is 23.9. The zero-order valence-electron chi connectivity index (χ0n) is 11.3. The number of carbonyl (C=O) groups excluding carboxylic acids is 1. The van der Waals surface area contributed by atoms with Crippen molar-refractivity contribution in [2.24, 2.45) is 11.1 Å².